The molecule has 0 aromatic heterocycles. The highest BCUT2D eigenvalue weighted by molar-refractivity contribution is 6.25. The zero-order valence-corrected chi connectivity index (χ0v) is 21.5. The first-order valence-corrected chi connectivity index (χ1v) is 13.5. The van der Waals surface area contributed by atoms with Gasteiger partial charge in [-0.3, -0.25) is 0 Å². The SMILES string of the molecule is Cc1cc(CCCc2ccccc2)c2ccc3c(C)cc(CCCc4ccccc4)c4ccc1c2c34. The maximum absolute atomic E-state index is 2.44. The molecule has 0 heteroatoms. The van der Waals surface area contributed by atoms with E-state index in [2.05, 4.69) is 111 Å². The van der Waals surface area contributed by atoms with Crippen LogP contribution in [-0.2, 0) is 25.7 Å². The molecule has 0 nitrogen and oxygen atoms in total. The van der Waals surface area contributed by atoms with Gasteiger partial charge in [0.05, 0.1) is 0 Å². The van der Waals surface area contributed by atoms with Crippen molar-refractivity contribution in [2.75, 3.05) is 0 Å². The molecule has 0 bridgehead atoms. The lowest BCUT2D eigenvalue weighted by Crippen LogP contribution is -1.98. The van der Waals surface area contributed by atoms with E-state index in [9.17, 15) is 0 Å². The van der Waals surface area contributed by atoms with E-state index < -0.39 is 0 Å². The van der Waals surface area contributed by atoms with E-state index in [0.29, 0.717) is 0 Å². The molecule has 0 aliphatic heterocycles. The fraction of sp³-hybridized carbons (Fsp3) is 0.222. The number of rotatable bonds is 8. The highest BCUT2D eigenvalue weighted by atomic mass is 14.2. The maximum atomic E-state index is 2.44. The second-order valence-corrected chi connectivity index (χ2v) is 10.5. The van der Waals surface area contributed by atoms with E-state index in [1.807, 2.05) is 0 Å². The second-order valence-electron chi connectivity index (χ2n) is 10.5. The van der Waals surface area contributed by atoms with Crippen molar-refractivity contribution in [1.82, 2.24) is 0 Å². The molecule has 0 atom stereocenters. The fourth-order valence-electron chi connectivity index (χ4n) is 6.19. The van der Waals surface area contributed by atoms with Gasteiger partial charge >= 0.3 is 0 Å². The summed E-state index contributed by atoms with van der Waals surface area (Å²) in [7, 11) is 0. The van der Waals surface area contributed by atoms with Crippen LogP contribution >= 0.6 is 0 Å². The maximum Gasteiger partial charge on any atom is -0.00212 e. The van der Waals surface area contributed by atoms with Crippen LogP contribution in [0.25, 0.3) is 32.3 Å². The van der Waals surface area contributed by atoms with Crippen LogP contribution in [-0.4, -0.2) is 0 Å². The molecule has 6 aromatic rings. The lowest BCUT2D eigenvalue weighted by atomic mass is 9.85. The molecule has 0 N–H and O–H groups in total. The summed E-state index contributed by atoms with van der Waals surface area (Å²) < 4.78 is 0. The smallest absolute Gasteiger partial charge is 0.00212 e. The van der Waals surface area contributed by atoms with Gasteiger partial charge in [0.25, 0.3) is 0 Å². The largest absolute Gasteiger partial charge is 0.0622 e. The Morgan fingerprint density at radius 1 is 0.417 bits per heavy atom. The highest BCUT2D eigenvalue weighted by Gasteiger charge is 2.16. The van der Waals surface area contributed by atoms with Crippen molar-refractivity contribution >= 4 is 32.3 Å². The van der Waals surface area contributed by atoms with Crippen molar-refractivity contribution < 1.29 is 0 Å². The lowest BCUT2D eigenvalue weighted by molar-refractivity contribution is 0.824. The van der Waals surface area contributed by atoms with E-state index in [1.54, 1.807) is 0 Å². The monoisotopic (exact) mass is 466 g/mol. The quantitative estimate of drug-likeness (QED) is 0.196. The molecule has 0 aliphatic rings. The first kappa shape index (κ1) is 22.8. The summed E-state index contributed by atoms with van der Waals surface area (Å²) in [6, 6.07) is 36.2. The third kappa shape index (κ3) is 4.26. The zero-order valence-electron chi connectivity index (χ0n) is 21.5. The number of benzene rings is 6. The normalized spacial score (nSPS) is 11.7. The Morgan fingerprint density at radius 2 is 0.806 bits per heavy atom. The molecule has 0 amide bonds. The number of hydrogen-bond acceptors (Lipinski definition) is 0. The number of hydrogen-bond donors (Lipinski definition) is 0. The molecule has 0 fully saturated rings. The molecule has 0 radical (unpaired) electrons. The van der Waals surface area contributed by atoms with E-state index in [0.717, 1.165) is 25.7 Å². The molecule has 0 heterocycles. The van der Waals surface area contributed by atoms with Crippen LogP contribution < -0.4 is 0 Å². The molecular weight excluding hydrogens is 432 g/mol. The average molecular weight is 467 g/mol. The summed E-state index contributed by atoms with van der Waals surface area (Å²) in [5, 5.41) is 8.68. The van der Waals surface area contributed by atoms with Crippen LogP contribution in [0.15, 0.2) is 97.1 Å². The molecular formula is C36H34. The fourth-order valence-corrected chi connectivity index (χ4v) is 6.19. The Kier molecular flexibility index (Phi) is 6.20. The van der Waals surface area contributed by atoms with Crippen molar-refractivity contribution in [3.8, 4) is 0 Å². The molecule has 0 saturated heterocycles. The van der Waals surface area contributed by atoms with Crippen molar-refractivity contribution in [3.05, 3.63) is 130 Å². The van der Waals surface area contributed by atoms with E-state index >= 15 is 0 Å². The molecule has 0 unspecified atom stereocenters. The Hall–Kier alpha value is -3.64. The molecule has 0 spiro atoms. The van der Waals surface area contributed by atoms with Gasteiger partial charge in [-0.05, 0) is 118 Å². The van der Waals surface area contributed by atoms with Crippen molar-refractivity contribution in [2.45, 2.75) is 52.4 Å². The Labute approximate surface area is 214 Å². The predicted molar refractivity (Wildman–Crippen MR) is 157 cm³/mol. The minimum Gasteiger partial charge on any atom is -0.0622 e. The molecule has 6 aromatic carbocycles. The van der Waals surface area contributed by atoms with Crippen LogP contribution in [0.1, 0.15) is 46.2 Å². The summed E-state index contributed by atoms with van der Waals surface area (Å²) >= 11 is 0. The van der Waals surface area contributed by atoms with Gasteiger partial charge in [0, 0.05) is 0 Å². The van der Waals surface area contributed by atoms with Crippen LogP contribution in [0, 0.1) is 13.8 Å². The Morgan fingerprint density at radius 3 is 1.22 bits per heavy atom. The first-order valence-electron chi connectivity index (χ1n) is 13.5. The topological polar surface area (TPSA) is 0 Å². The van der Waals surface area contributed by atoms with Crippen LogP contribution in [0.4, 0.5) is 0 Å². The van der Waals surface area contributed by atoms with Crippen LogP contribution in [0.5, 0.6) is 0 Å². The van der Waals surface area contributed by atoms with Crippen LogP contribution in [0.3, 0.4) is 0 Å². The second kappa shape index (κ2) is 9.78. The Bertz CT molecular complexity index is 1500. The minimum atomic E-state index is 1.12. The third-order valence-electron chi connectivity index (χ3n) is 7.99. The van der Waals surface area contributed by atoms with E-state index in [-0.39, 0.29) is 0 Å². The minimum absolute atomic E-state index is 1.12. The van der Waals surface area contributed by atoms with Gasteiger partial charge in [0.2, 0.25) is 0 Å². The van der Waals surface area contributed by atoms with Gasteiger partial charge in [-0.2, -0.15) is 0 Å². The first-order chi connectivity index (χ1) is 17.7. The highest BCUT2D eigenvalue weighted by Crippen LogP contribution is 2.40. The summed E-state index contributed by atoms with van der Waals surface area (Å²) in [6.45, 7) is 4.58. The van der Waals surface area contributed by atoms with Crippen LogP contribution in [0.2, 0.25) is 0 Å². The third-order valence-corrected chi connectivity index (χ3v) is 7.99. The van der Waals surface area contributed by atoms with Gasteiger partial charge in [-0.1, -0.05) is 97.1 Å². The number of aryl methyl sites for hydroxylation is 6. The zero-order chi connectivity index (χ0) is 24.5. The van der Waals surface area contributed by atoms with Gasteiger partial charge in [-0.25, -0.2) is 0 Å². The summed E-state index contributed by atoms with van der Waals surface area (Å²) in [6.07, 6.45) is 6.85. The van der Waals surface area contributed by atoms with Gasteiger partial charge < -0.3 is 0 Å². The summed E-state index contributed by atoms with van der Waals surface area (Å²) in [5.41, 5.74) is 8.66. The molecule has 6 rings (SSSR count). The summed E-state index contributed by atoms with van der Waals surface area (Å²) in [4.78, 5) is 0. The lowest BCUT2D eigenvalue weighted by Gasteiger charge is -2.19. The van der Waals surface area contributed by atoms with Crippen molar-refractivity contribution in [2.24, 2.45) is 0 Å². The van der Waals surface area contributed by atoms with Gasteiger partial charge in [-0.15, -0.1) is 0 Å². The van der Waals surface area contributed by atoms with Crippen molar-refractivity contribution in [3.63, 3.8) is 0 Å². The molecule has 178 valence electrons. The van der Waals surface area contributed by atoms with E-state index in [1.165, 1.54) is 78.5 Å². The van der Waals surface area contributed by atoms with E-state index in [4.69, 9.17) is 0 Å². The molecule has 0 saturated carbocycles. The van der Waals surface area contributed by atoms with Gasteiger partial charge in [0.15, 0.2) is 0 Å². The summed E-state index contributed by atoms with van der Waals surface area (Å²) in [5.74, 6) is 0. The molecule has 0 aliphatic carbocycles. The average Bonchev–Trinajstić information content (AvgIpc) is 2.91. The predicted octanol–water partition coefficient (Wildman–Crippen LogP) is 9.55. The standard InChI is InChI=1S/C36H34/c1-25-23-29(17-9-15-27-11-5-3-6-12-27)33-22-20-32-26(2)24-30(18-10-16-28-13-7-4-8-14-28)34-21-19-31(25)35(33)36(32)34/h3-8,11-14,19-24H,9-10,15-18H2,1-2H3. The van der Waals surface area contributed by atoms with Gasteiger partial charge in [0.1, 0.15) is 0 Å². The molecule has 36 heavy (non-hydrogen) atoms. The van der Waals surface area contributed by atoms with Crippen molar-refractivity contribution in [1.29, 1.82) is 0 Å². The Balaban J connectivity index is 1.38.